The van der Waals surface area contributed by atoms with Crippen LogP contribution < -0.4 is 0 Å². The Hall–Kier alpha value is -2.16. The molecular formula is C19H20N2O. The number of carbonyl (C=O) groups is 1. The molecule has 3 nitrogen and oxygen atoms in total. The van der Waals surface area contributed by atoms with Crippen LogP contribution in [-0.4, -0.2) is 15.7 Å². The second-order valence-electron chi connectivity index (χ2n) is 7.05. The van der Waals surface area contributed by atoms with Crippen molar-refractivity contribution in [3.63, 3.8) is 0 Å². The number of aromatic nitrogens is 2. The second-order valence-corrected chi connectivity index (χ2v) is 7.05. The van der Waals surface area contributed by atoms with Crippen molar-refractivity contribution in [3.05, 3.63) is 58.9 Å². The summed E-state index contributed by atoms with van der Waals surface area (Å²) in [4.78, 5) is 12.5. The molecule has 2 aliphatic rings. The van der Waals surface area contributed by atoms with E-state index < -0.39 is 0 Å². The number of fused-ring (bicyclic) bond motifs is 3. The van der Waals surface area contributed by atoms with Crippen molar-refractivity contribution in [1.82, 2.24) is 9.78 Å². The highest BCUT2D eigenvalue weighted by atomic mass is 16.2. The van der Waals surface area contributed by atoms with Crippen molar-refractivity contribution in [2.24, 2.45) is 11.3 Å². The normalized spacial score (nSPS) is 24.3. The molecule has 0 bridgehead atoms. The van der Waals surface area contributed by atoms with E-state index in [4.69, 9.17) is 0 Å². The topological polar surface area (TPSA) is 34.9 Å². The van der Waals surface area contributed by atoms with Gasteiger partial charge in [0.25, 0.3) is 5.91 Å². The summed E-state index contributed by atoms with van der Waals surface area (Å²) in [7, 11) is 0. The predicted octanol–water partition coefficient (Wildman–Crippen LogP) is 3.84. The molecule has 4 rings (SSSR count). The maximum absolute atomic E-state index is 12.5. The van der Waals surface area contributed by atoms with Gasteiger partial charge in [-0.05, 0) is 42.2 Å². The smallest absolute Gasteiger partial charge is 0.267 e. The maximum Gasteiger partial charge on any atom is 0.271 e. The Bertz CT molecular complexity index is 783. The van der Waals surface area contributed by atoms with Crippen LogP contribution >= 0.6 is 0 Å². The second kappa shape index (κ2) is 4.42. The Kier molecular flexibility index (Phi) is 2.71. The first-order chi connectivity index (χ1) is 10.5. The summed E-state index contributed by atoms with van der Waals surface area (Å²) in [5, 5.41) is 4.50. The summed E-state index contributed by atoms with van der Waals surface area (Å²) >= 11 is 0. The molecule has 0 spiro atoms. The molecule has 3 heteroatoms. The highest BCUT2D eigenvalue weighted by Crippen LogP contribution is 2.70. The van der Waals surface area contributed by atoms with Crippen molar-refractivity contribution in [2.45, 2.75) is 33.1 Å². The Balaban J connectivity index is 1.63. The van der Waals surface area contributed by atoms with Crippen LogP contribution in [0.2, 0.25) is 0 Å². The molecule has 1 saturated carbocycles. The summed E-state index contributed by atoms with van der Waals surface area (Å²) in [6, 6.07) is 9.88. The SMILES string of the molecule is Cc1nn(C(=O)/C=C/c2ccccc2)c2c1C1C(C2)C1(C)C. The summed E-state index contributed by atoms with van der Waals surface area (Å²) in [5.74, 6) is 1.24. The van der Waals surface area contributed by atoms with E-state index in [9.17, 15) is 4.79 Å². The molecule has 2 unspecified atom stereocenters. The first-order valence-corrected chi connectivity index (χ1v) is 7.86. The number of allylic oxidation sites excluding steroid dienone is 1. The van der Waals surface area contributed by atoms with Crippen LogP contribution in [0.1, 0.15) is 47.1 Å². The van der Waals surface area contributed by atoms with E-state index in [1.165, 1.54) is 5.56 Å². The number of hydrogen-bond donors (Lipinski definition) is 0. The van der Waals surface area contributed by atoms with Gasteiger partial charge in [0.1, 0.15) is 0 Å². The first-order valence-electron chi connectivity index (χ1n) is 7.86. The molecule has 0 N–H and O–H groups in total. The van der Waals surface area contributed by atoms with Crippen LogP contribution in [-0.2, 0) is 6.42 Å². The first kappa shape index (κ1) is 13.5. The van der Waals surface area contributed by atoms with E-state index in [1.54, 1.807) is 10.8 Å². The lowest BCUT2D eigenvalue weighted by molar-refractivity contribution is 0.0951. The van der Waals surface area contributed by atoms with Crippen molar-refractivity contribution >= 4 is 12.0 Å². The summed E-state index contributed by atoms with van der Waals surface area (Å²) in [6.45, 7) is 6.67. The standard InChI is InChI=1S/C19H20N2O/c1-12-17-15(11-14-18(17)19(14,2)3)21(20-12)16(22)10-9-13-7-5-4-6-8-13/h4-10,14,18H,11H2,1-3H3/b10-9+. The van der Waals surface area contributed by atoms with Gasteiger partial charge >= 0.3 is 0 Å². The van der Waals surface area contributed by atoms with E-state index in [0.717, 1.165) is 23.4 Å². The molecule has 1 aromatic heterocycles. The molecule has 0 radical (unpaired) electrons. The zero-order valence-corrected chi connectivity index (χ0v) is 13.2. The lowest BCUT2D eigenvalue weighted by Crippen LogP contribution is -2.14. The van der Waals surface area contributed by atoms with Gasteiger partial charge in [0.2, 0.25) is 0 Å². The number of carbonyl (C=O) groups excluding carboxylic acids is 1. The van der Waals surface area contributed by atoms with Crippen molar-refractivity contribution in [1.29, 1.82) is 0 Å². The minimum absolute atomic E-state index is 0.0488. The van der Waals surface area contributed by atoms with Gasteiger partial charge in [-0.3, -0.25) is 4.79 Å². The molecule has 2 atom stereocenters. The molecule has 2 aliphatic carbocycles. The van der Waals surface area contributed by atoms with Crippen LogP contribution in [0.25, 0.3) is 6.08 Å². The minimum atomic E-state index is -0.0488. The molecule has 0 amide bonds. The Morgan fingerprint density at radius 1 is 1.32 bits per heavy atom. The number of aryl methyl sites for hydroxylation is 1. The monoisotopic (exact) mass is 292 g/mol. The Labute approximate surface area is 130 Å². The molecule has 1 aromatic carbocycles. The van der Waals surface area contributed by atoms with E-state index in [1.807, 2.05) is 43.3 Å². The van der Waals surface area contributed by atoms with Crippen LogP contribution in [0, 0.1) is 18.3 Å². The van der Waals surface area contributed by atoms with Gasteiger partial charge in [-0.15, -0.1) is 0 Å². The van der Waals surface area contributed by atoms with Gasteiger partial charge in [0, 0.05) is 11.6 Å². The zero-order valence-electron chi connectivity index (χ0n) is 13.2. The van der Waals surface area contributed by atoms with Crippen molar-refractivity contribution < 1.29 is 4.79 Å². The highest BCUT2D eigenvalue weighted by molar-refractivity contribution is 5.94. The van der Waals surface area contributed by atoms with E-state index in [-0.39, 0.29) is 5.91 Å². The summed E-state index contributed by atoms with van der Waals surface area (Å²) in [5.41, 5.74) is 4.90. The van der Waals surface area contributed by atoms with Crippen molar-refractivity contribution in [2.75, 3.05) is 0 Å². The number of hydrogen-bond acceptors (Lipinski definition) is 2. The third-order valence-electron chi connectivity index (χ3n) is 5.41. The lowest BCUT2D eigenvalue weighted by atomic mass is 9.98. The van der Waals surface area contributed by atoms with Crippen LogP contribution in [0.3, 0.4) is 0 Å². The average Bonchev–Trinajstić information content (AvgIpc) is 2.86. The van der Waals surface area contributed by atoms with Gasteiger partial charge in [-0.1, -0.05) is 44.2 Å². The zero-order chi connectivity index (χ0) is 15.5. The molecule has 1 heterocycles. The van der Waals surface area contributed by atoms with Gasteiger partial charge < -0.3 is 0 Å². The third kappa shape index (κ3) is 1.81. The fraction of sp³-hybridized carbons (Fsp3) is 0.368. The Morgan fingerprint density at radius 3 is 2.77 bits per heavy atom. The van der Waals surface area contributed by atoms with Crippen LogP contribution in [0.5, 0.6) is 0 Å². The third-order valence-corrected chi connectivity index (χ3v) is 5.41. The molecular weight excluding hydrogens is 272 g/mol. The molecule has 22 heavy (non-hydrogen) atoms. The predicted molar refractivity (Wildman–Crippen MR) is 86.8 cm³/mol. The van der Waals surface area contributed by atoms with Gasteiger partial charge in [0.05, 0.1) is 11.4 Å². The fourth-order valence-electron chi connectivity index (χ4n) is 4.08. The van der Waals surface area contributed by atoms with Crippen LogP contribution in [0.15, 0.2) is 36.4 Å². The lowest BCUT2D eigenvalue weighted by Gasteiger charge is -2.09. The van der Waals surface area contributed by atoms with Gasteiger partial charge in [-0.25, -0.2) is 4.68 Å². The van der Waals surface area contributed by atoms with E-state index in [2.05, 4.69) is 18.9 Å². The number of rotatable bonds is 2. The molecule has 2 aromatic rings. The fourth-order valence-corrected chi connectivity index (χ4v) is 4.08. The summed E-state index contributed by atoms with van der Waals surface area (Å²) in [6.07, 6.45) is 4.46. The van der Waals surface area contributed by atoms with Gasteiger partial charge in [-0.2, -0.15) is 5.10 Å². The van der Waals surface area contributed by atoms with Crippen LogP contribution in [0.4, 0.5) is 0 Å². The average molecular weight is 292 g/mol. The maximum atomic E-state index is 12.5. The quantitative estimate of drug-likeness (QED) is 0.788. The molecule has 1 fully saturated rings. The molecule has 0 saturated heterocycles. The summed E-state index contributed by atoms with van der Waals surface area (Å²) < 4.78 is 1.62. The van der Waals surface area contributed by atoms with E-state index >= 15 is 0 Å². The number of benzene rings is 1. The highest BCUT2D eigenvalue weighted by Gasteiger charge is 2.63. The molecule has 112 valence electrons. The largest absolute Gasteiger partial charge is 0.271 e. The van der Waals surface area contributed by atoms with Crippen molar-refractivity contribution in [3.8, 4) is 0 Å². The number of nitrogens with zero attached hydrogens (tertiary/aromatic N) is 2. The van der Waals surface area contributed by atoms with E-state index in [0.29, 0.717) is 17.3 Å². The Morgan fingerprint density at radius 2 is 2.05 bits per heavy atom. The molecule has 0 aliphatic heterocycles. The minimum Gasteiger partial charge on any atom is -0.267 e. The van der Waals surface area contributed by atoms with Gasteiger partial charge in [0.15, 0.2) is 0 Å².